The summed E-state index contributed by atoms with van der Waals surface area (Å²) >= 11 is 6.05. The van der Waals surface area contributed by atoms with Crippen molar-refractivity contribution in [3.8, 4) is 5.75 Å². The molecule has 0 spiro atoms. The molecule has 0 bridgehead atoms. The summed E-state index contributed by atoms with van der Waals surface area (Å²) < 4.78 is 7.03. The van der Waals surface area contributed by atoms with Gasteiger partial charge in [0.05, 0.1) is 29.6 Å². The van der Waals surface area contributed by atoms with E-state index in [1.54, 1.807) is 22.9 Å². The third-order valence-corrected chi connectivity index (χ3v) is 4.06. The Balaban J connectivity index is 2.12. The number of rotatable bonds is 4. The van der Waals surface area contributed by atoms with Gasteiger partial charge in [-0.25, -0.2) is 4.79 Å². The molecular weight excluding hydrogens is 316 g/mol. The van der Waals surface area contributed by atoms with Crippen LogP contribution in [0.5, 0.6) is 5.75 Å². The first kappa shape index (κ1) is 17.1. The summed E-state index contributed by atoms with van der Waals surface area (Å²) in [5.41, 5.74) is 3.46. The van der Waals surface area contributed by atoms with Crippen LogP contribution in [0, 0.1) is 13.8 Å². The van der Waals surface area contributed by atoms with Crippen molar-refractivity contribution >= 4 is 23.3 Å². The van der Waals surface area contributed by atoms with Gasteiger partial charge in [0.15, 0.2) is 5.75 Å². The standard InChI is InChI=1S/C16H21ClN4O2/c1-9(14-10(2)20-21(4)11(14)3)18-16(22)19-13-8-6-7-12(17)15(13)23-5/h6-9H,1-5H3,(H2,18,19,22)/t9-/m0/s1. The lowest BCUT2D eigenvalue weighted by atomic mass is 10.1. The predicted molar refractivity (Wildman–Crippen MR) is 91.3 cm³/mol. The minimum Gasteiger partial charge on any atom is -0.493 e. The van der Waals surface area contributed by atoms with Gasteiger partial charge in [-0.1, -0.05) is 17.7 Å². The molecule has 7 heteroatoms. The van der Waals surface area contributed by atoms with Crippen molar-refractivity contribution in [2.75, 3.05) is 12.4 Å². The molecule has 2 amide bonds. The van der Waals surface area contributed by atoms with Crippen LogP contribution in [0.1, 0.15) is 29.9 Å². The smallest absolute Gasteiger partial charge is 0.319 e. The summed E-state index contributed by atoms with van der Waals surface area (Å²) in [6.07, 6.45) is 0. The van der Waals surface area contributed by atoms with E-state index < -0.39 is 0 Å². The summed E-state index contributed by atoms with van der Waals surface area (Å²) in [7, 11) is 3.39. The van der Waals surface area contributed by atoms with Gasteiger partial charge in [-0.05, 0) is 32.9 Å². The molecule has 0 aliphatic heterocycles. The highest BCUT2D eigenvalue weighted by molar-refractivity contribution is 6.32. The Bertz CT molecular complexity index is 727. The normalized spacial score (nSPS) is 11.9. The Kier molecular flexibility index (Phi) is 5.15. The Morgan fingerprint density at radius 1 is 1.39 bits per heavy atom. The number of ether oxygens (including phenoxy) is 1. The number of halogens is 1. The van der Waals surface area contributed by atoms with Crippen molar-refractivity contribution in [1.82, 2.24) is 15.1 Å². The number of aromatic nitrogens is 2. The molecule has 0 saturated carbocycles. The minimum atomic E-state index is -0.333. The molecular formula is C16H21ClN4O2. The topological polar surface area (TPSA) is 68.2 Å². The number of hydrogen-bond acceptors (Lipinski definition) is 3. The fraction of sp³-hybridized carbons (Fsp3) is 0.375. The SMILES string of the molecule is COc1c(Cl)cccc1NC(=O)N[C@@H](C)c1c(C)nn(C)c1C. The number of nitrogens with one attached hydrogen (secondary N) is 2. The molecule has 2 N–H and O–H groups in total. The Morgan fingerprint density at radius 2 is 2.09 bits per heavy atom. The molecule has 0 saturated heterocycles. The van der Waals surface area contributed by atoms with Crippen LogP contribution in [-0.2, 0) is 7.05 Å². The van der Waals surface area contributed by atoms with E-state index in [-0.39, 0.29) is 12.1 Å². The van der Waals surface area contributed by atoms with Crippen LogP contribution in [0.25, 0.3) is 0 Å². The van der Waals surface area contributed by atoms with Crippen molar-refractivity contribution < 1.29 is 9.53 Å². The molecule has 0 aliphatic carbocycles. The van der Waals surface area contributed by atoms with Crippen molar-refractivity contribution in [3.63, 3.8) is 0 Å². The molecule has 1 atom stereocenters. The number of benzene rings is 1. The zero-order valence-electron chi connectivity index (χ0n) is 13.9. The molecule has 1 heterocycles. The van der Waals surface area contributed by atoms with Gasteiger partial charge < -0.3 is 15.4 Å². The van der Waals surface area contributed by atoms with Crippen molar-refractivity contribution in [3.05, 3.63) is 40.2 Å². The van der Waals surface area contributed by atoms with E-state index in [0.29, 0.717) is 16.5 Å². The van der Waals surface area contributed by atoms with Crippen LogP contribution in [0.4, 0.5) is 10.5 Å². The summed E-state index contributed by atoms with van der Waals surface area (Å²) in [6, 6.07) is 4.68. The first-order chi connectivity index (χ1) is 10.8. The van der Waals surface area contributed by atoms with Gasteiger partial charge in [0.25, 0.3) is 0 Å². The molecule has 0 unspecified atom stereocenters. The van der Waals surface area contributed by atoms with Crippen LogP contribution in [-0.4, -0.2) is 22.9 Å². The second-order valence-electron chi connectivity index (χ2n) is 5.35. The number of anilines is 1. The summed E-state index contributed by atoms with van der Waals surface area (Å²) in [5, 5.41) is 10.5. The van der Waals surface area contributed by atoms with Gasteiger partial charge in [-0.15, -0.1) is 0 Å². The van der Waals surface area contributed by atoms with E-state index >= 15 is 0 Å². The summed E-state index contributed by atoms with van der Waals surface area (Å²) in [4.78, 5) is 12.3. The van der Waals surface area contributed by atoms with Crippen molar-refractivity contribution in [1.29, 1.82) is 0 Å². The maximum Gasteiger partial charge on any atom is 0.319 e. The number of hydrogen-bond donors (Lipinski definition) is 2. The number of carbonyl (C=O) groups excluding carboxylic acids is 1. The summed E-state index contributed by atoms with van der Waals surface area (Å²) in [6.45, 7) is 5.83. The molecule has 1 aromatic carbocycles. The maximum absolute atomic E-state index is 12.3. The predicted octanol–water partition coefficient (Wildman–Crippen LogP) is 3.58. The monoisotopic (exact) mass is 336 g/mol. The number of amides is 2. The van der Waals surface area contributed by atoms with Crippen LogP contribution < -0.4 is 15.4 Å². The van der Waals surface area contributed by atoms with Crippen molar-refractivity contribution in [2.24, 2.45) is 7.05 Å². The zero-order chi connectivity index (χ0) is 17.1. The number of methoxy groups -OCH3 is 1. The second kappa shape index (κ2) is 6.91. The number of nitrogens with zero attached hydrogens (tertiary/aromatic N) is 2. The Morgan fingerprint density at radius 3 is 2.65 bits per heavy atom. The minimum absolute atomic E-state index is 0.172. The van der Waals surface area contributed by atoms with E-state index in [9.17, 15) is 4.79 Å². The molecule has 6 nitrogen and oxygen atoms in total. The summed E-state index contributed by atoms with van der Waals surface area (Å²) in [5.74, 6) is 0.436. The molecule has 2 aromatic rings. The van der Waals surface area contributed by atoms with Crippen LogP contribution in [0.15, 0.2) is 18.2 Å². The number of urea groups is 1. The van der Waals surface area contributed by atoms with Gasteiger partial charge in [-0.2, -0.15) is 5.10 Å². The molecule has 0 radical (unpaired) electrons. The number of aryl methyl sites for hydroxylation is 2. The molecule has 124 valence electrons. The van der Waals surface area contributed by atoms with Gasteiger partial charge in [-0.3, -0.25) is 4.68 Å². The van der Waals surface area contributed by atoms with E-state index in [4.69, 9.17) is 16.3 Å². The lowest BCUT2D eigenvalue weighted by Crippen LogP contribution is -2.31. The Labute approximate surface area is 140 Å². The van der Waals surface area contributed by atoms with E-state index in [1.807, 2.05) is 27.8 Å². The van der Waals surface area contributed by atoms with Gasteiger partial charge in [0.1, 0.15) is 0 Å². The fourth-order valence-electron chi connectivity index (χ4n) is 2.66. The van der Waals surface area contributed by atoms with Gasteiger partial charge in [0, 0.05) is 18.3 Å². The van der Waals surface area contributed by atoms with E-state index in [2.05, 4.69) is 15.7 Å². The second-order valence-corrected chi connectivity index (χ2v) is 5.76. The van der Waals surface area contributed by atoms with Gasteiger partial charge in [0.2, 0.25) is 0 Å². The molecule has 1 aromatic heterocycles. The van der Waals surface area contributed by atoms with Crippen LogP contribution in [0.2, 0.25) is 5.02 Å². The zero-order valence-corrected chi connectivity index (χ0v) is 14.7. The highest BCUT2D eigenvalue weighted by Gasteiger charge is 2.19. The molecule has 0 fully saturated rings. The number of carbonyl (C=O) groups is 1. The first-order valence-electron chi connectivity index (χ1n) is 7.25. The molecule has 0 aliphatic rings. The highest BCUT2D eigenvalue weighted by Crippen LogP contribution is 2.32. The molecule has 2 rings (SSSR count). The lowest BCUT2D eigenvalue weighted by molar-refractivity contribution is 0.249. The average molecular weight is 337 g/mol. The largest absolute Gasteiger partial charge is 0.493 e. The lowest BCUT2D eigenvalue weighted by Gasteiger charge is -2.17. The average Bonchev–Trinajstić information content (AvgIpc) is 2.72. The van der Waals surface area contributed by atoms with Crippen molar-refractivity contribution in [2.45, 2.75) is 26.8 Å². The third kappa shape index (κ3) is 3.59. The third-order valence-electron chi connectivity index (χ3n) is 3.76. The van der Waals surface area contributed by atoms with E-state index in [0.717, 1.165) is 17.0 Å². The maximum atomic E-state index is 12.3. The quantitative estimate of drug-likeness (QED) is 0.896. The van der Waals surface area contributed by atoms with Crippen LogP contribution in [0.3, 0.4) is 0 Å². The Hall–Kier alpha value is -2.21. The highest BCUT2D eigenvalue weighted by atomic mass is 35.5. The molecule has 23 heavy (non-hydrogen) atoms. The van der Waals surface area contributed by atoms with E-state index in [1.165, 1.54) is 7.11 Å². The number of para-hydroxylation sites is 1. The fourth-order valence-corrected chi connectivity index (χ4v) is 2.91. The van der Waals surface area contributed by atoms with Gasteiger partial charge >= 0.3 is 6.03 Å². The first-order valence-corrected chi connectivity index (χ1v) is 7.63. The van der Waals surface area contributed by atoms with Crippen LogP contribution >= 0.6 is 11.6 Å².